The average molecular weight is 246 g/mol. The van der Waals surface area contributed by atoms with Crippen LogP contribution in [0.4, 0.5) is 0 Å². The topological polar surface area (TPSA) is 17.1 Å². The lowest BCUT2D eigenvalue weighted by molar-refractivity contribution is -0.104. The van der Waals surface area contributed by atoms with Gasteiger partial charge in [-0.05, 0) is 17.2 Å². The summed E-state index contributed by atoms with van der Waals surface area (Å²) < 4.78 is 0. The molecule has 0 aliphatic rings. The number of allylic oxidation sites excluding steroid dienone is 2. The molecule has 0 radical (unpaired) electrons. The van der Waals surface area contributed by atoms with Gasteiger partial charge in [-0.2, -0.15) is 0 Å². The summed E-state index contributed by atoms with van der Waals surface area (Å²) in [5.74, 6) is 6.17. The normalized spacial score (nSPS) is 10.4. The Morgan fingerprint density at radius 2 is 1.58 bits per heavy atom. The monoisotopic (exact) mass is 246 g/mol. The Hall–Kier alpha value is -2.59. The van der Waals surface area contributed by atoms with Gasteiger partial charge in [0, 0.05) is 12.0 Å². The maximum atomic E-state index is 10.7. The molecule has 0 fully saturated rings. The zero-order valence-corrected chi connectivity index (χ0v) is 10.5. The Bertz CT molecular complexity index is 613. The van der Waals surface area contributed by atoms with Crippen molar-refractivity contribution in [2.24, 2.45) is 0 Å². The Kier molecular flexibility index (Phi) is 4.72. The fraction of sp³-hybridized carbons (Fsp3) is 0.0556. The maximum absolute atomic E-state index is 10.7. The second-order valence-electron chi connectivity index (χ2n) is 4.05. The molecule has 1 heteroatoms. The van der Waals surface area contributed by atoms with Crippen LogP contribution in [0, 0.1) is 11.8 Å². The number of carbonyl (C=O) groups is 1. The maximum Gasteiger partial charge on any atom is 0.144 e. The van der Waals surface area contributed by atoms with Crippen LogP contribution in [0.2, 0.25) is 0 Å². The summed E-state index contributed by atoms with van der Waals surface area (Å²) >= 11 is 0. The van der Waals surface area contributed by atoms with Crippen molar-refractivity contribution in [3.05, 3.63) is 77.9 Å². The molecule has 0 atom stereocenters. The molecule has 0 amide bonds. The van der Waals surface area contributed by atoms with Crippen LogP contribution in [0.15, 0.2) is 66.7 Å². The summed E-state index contributed by atoms with van der Waals surface area (Å²) in [5, 5.41) is 0. The van der Waals surface area contributed by atoms with Gasteiger partial charge >= 0.3 is 0 Å². The minimum absolute atomic E-state index is 0.684. The Labute approximate surface area is 113 Å². The molecule has 0 unspecified atom stereocenters. The summed E-state index contributed by atoms with van der Waals surface area (Å²) in [7, 11) is 0. The molecular weight excluding hydrogens is 232 g/mol. The van der Waals surface area contributed by atoms with Crippen molar-refractivity contribution in [3.8, 4) is 11.8 Å². The van der Waals surface area contributed by atoms with Gasteiger partial charge in [-0.3, -0.25) is 4.79 Å². The average Bonchev–Trinajstić information content (AvgIpc) is 2.48. The quantitative estimate of drug-likeness (QED) is 0.460. The minimum Gasteiger partial charge on any atom is -0.299 e. The number of aldehydes is 1. The smallest absolute Gasteiger partial charge is 0.144 e. The van der Waals surface area contributed by atoms with Crippen molar-refractivity contribution in [2.75, 3.05) is 0 Å². The van der Waals surface area contributed by atoms with E-state index < -0.39 is 0 Å². The molecule has 2 aromatic carbocycles. The molecule has 0 bridgehead atoms. The van der Waals surface area contributed by atoms with Crippen LogP contribution >= 0.6 is 0 Å². The van der Waals surface area contributed by atoms with E-state index in [-0.39, 0.29) is 0 Å². The lowest BCUT2D eigenvalue weighted by Gasteiger charge is -1.98. The first-order valence-electron chi connectivity index (χ1n) is 6.14. The van der Waals surface area contributed by atoms with Gasteiger partial charge in [0.15, 0.2) is 0 Å². The van der Waals surface area contributed by atoms with Crippen LogP contribution in [0.3, 0.4) is 0 Å². The molecular formula is C18H14O. The van der Waals surface area contributed by atoms with E-state index in [0.29, 0.717) is 6.42 Å². The van der Waals surface area contributed by atoms with E-state index in [1.54, 1.807) is 0 Å². The van der Waals surface area contributed by atoms with Crippen molar-refractivity contribution in [1.29, 1.82) is 0 Å². The van der Waals surface area contributed by atoms with Crippen molar-refractivity contribution in [3.63, 3.8) is 0 Å². The first kappa shape index (κ1) is 12.9. The molecule has 0 spiro atoms. The molecule has 0 aliphatic heterocycles. The van der Waals surface area contributed by atoms with Crippen LogP contribution in [-0.2, 0) is 11.2 Å². The number of hydrogen-bond donors (Lipinski definition) is 0. The van der Waals surface area contributed by atoms with Gasteiger partial charge in [0.05, 0.1) is 0 Å². The predicted octanol–water partition coefficient (Wildman–Crippen LogP) is 3.52. The molecule has 0 N–H and O–H groups in total. The Balaban J connectivity index is 2.15. The molecule has 0 heterocycles. The van der Waals surface area contributed by atoms with Gasteiger partial charge in [0.1, 0.15) is 6.29 Å². The lowest BCUT2D eigenvalue weighted by Crippen LogP contribution is -1.83. The second-order valence-corrected chi connectivity index (χ2v) is 4.05. The molecule has 2 aromatic rings. The van der Waals surface area contributed by atoms with Crippen LogP contribution < -0.4 is 0 Å². The SMILES string of the molecule is O=C/C=C(\C#CCc1ccccc1)c1ccccc1. The summed E-state index contributed by atoms with van der Waals surface area (Å²) in [6.45, 7) is 0. The van der Waals surface area contributed by atoms with E-state index >= 15 is 0 Å². The summed E-state index contributed by atoms with van der Waals surface area (Å²) in [5.41, 5.74) is 2.90. The molecule has 2 rings (SSSR count). The zero-order chi connectivity index (χ0) is 13.3. The van der Waals surface area contributed by atoms with Crippen LogP contribution in [-0.4, -0.2) is 6.29 Å². The van der Waals surface area contributed by atoms with Crippen molar-refractivity contribution in [2.45, 2.75) is 6.42 Å². The van der Waals surface area contributed by atoms with Crippen molar-refractivity contribution in [1.82, 2.24) is 0 Å². The number of carbonyl (C=O) groups excluding carboxylic acids is 1. The summed E-state index contributed by atoms with van der Waals surface area (Å²) in [6, 6.07) is 19.8. The fourth-order valence-electron chi connectivity index (χ4n) is 1.73. The van der Waals surface area contributed by atoms with Gasteiger partial charge < -0.3 is 0 Å². The molecule has 19 heavy (non-hydrogen) atoms. The van der Waals surface area contributed by atoms with E-state index in [1.807, 2.05) is 60.7 Å². The van der Waals surface area contributed by atoms with Crippen molar-refractivity contribution < 1.29 is 4.79 Å². The highest BCUT2D eigenvalue weighted by Gasteiger charge is 1.95. The first-order valence-corrected chi connectivity index (χ1v) is 6.14. The van der Waals surface area contributed by atoms with Crippen LogP contribution in [0.1, 0.15) is 11.1 Å². The number of rotatable bonds is 3. The third-order valence-electron chi connectivity index (χ3n) is 2.68. The van der Waals surface area contributed by atoms with Crippen molar-refractivity contribution >= 4 is 11.9 Å². The fourth-order valence-corrected chi connectivity index (χ4v) is 1.73. The van der Waals surface area contributed by atoms with Crippen LogP contribution in [0.25, 0.3) is 5.57 Å². The van der Waals surface area contributed by atoms with E-state index in [2.05, 4.69) is 11.8 Å². The summed E-state index contributed by atoms with van der Waals surface area (Å²) in [4.78, 5) is 10.7. The minimum atomic E-state index is 0.684. The van der Waals surface area contributed by atoms with Gasteiger partial charge in [0.2, 0.25) is 0 Å². The third-order valence-corrected chi connectivity index (χ3v) is 2.68. The van der Waals surface area contributed by atoms with Gasteiger partial charge in [0.25, 0.3) is 0 Å². The first-order chi connectivity index (χ1) is 9.40. The Morgan fingerprint density at radius 3 is 2.21 bits per heavy atom. The van der Waals surface area contributed by atoms with Crippen LogP contribution in [0.5, 0.6) is 0 Å². The van der Waals surface area contributed by atoms with Gasteiger partial charge in [-0.15, -0.1) is 0 Å². The largest absolute Gasteiger partial charge is 0.299 e. The second kappa shape index (κ2) is 6.98. The van der Waals surface area contributed by atoms with E-state index in [0.717, 1.165) is 17.4 Å². The molecule has 1 nitrogen and oxygen atoms in total. The predicted molar refractivity (Wildman–Crippen MR) is 78.4 cm³/mol. The molecule has 92 valence electrons. The van der Waals surface area contributed by atoms with E-state index in [4.69, 9.17) is 0 Å². The van der Waals surface area contributed by atoms with E-state index in [1.165, 1.54) is 11.6 Å². The number of hydrogen-bond acceptors (Lipinski definition) is 1. The van der Waals surface area contributed by atoms with Gasteiger partial charge in [-0.25, -0.2) is 0 Å². The standard InChI is InChI=1S/C18H14O/c19-15-14-18(17-11-5-2-6-12-17)13-7-10-16-8-3-1-4-9-16/h1-6,8-9,11-12,14-15H,10H2/b18-14+. The molecule has 0 aromatic heterocycles. The van der Waals surface area contributed by atoms with E-state index in [9.17, 15) is 4.79 Å². The summed E-state index contributed by atoms with van der Waals surface area (Å²) in [6.07, 6.45) is 2.97. The van der Waals surface area contributed by atoms with Gasteiger partial charge in [-0.1, -0.05) is 72.5 Å². The highest BCUT2D eigenvalue weighted by molar-refractivity contribution is 5.89. The molecule has 0 saturated carbocycles. The third kappa shape index (κ3) is 3.97. The highest BCUT2D eigenvalue weighted by atomic mass is 16.1. The molecule has 0 aliphatic carbocycles. The molecule has 0 saturated heterocycles. The lowest BCUT2D eigenvalue weighted by atomic mass is 10.1. The Morgan fingerprint density at radius 1 is 0.947 bits per heavy atom. The highest BCUT2D eigenvalue weighted by Crippen LogP contribution is 2.12. The zero-order valence-electron chi connectivity index (χ0n) is 10.5. The number of benzene rings is 2.